The number of piperazine rings is 1. The highest BCUT2D eigenvalue weighted by Gasteiger charge is 2.30. The molecule has 1 saturated carbocycles. The number of urea groups is 1. The third-order valence-electron chi connectivity index (χ3n) is 7.63. The Bertz CT molecular complexity index is 1760. The Kier molecular flexibility index (Phi) is 7.15. The van der Waals surface area contributed by atoms with E-state index in [0.717, 1.165) is 35.9 Å². The summed E-state index contributed by atoms with van der Waals surface area (Å²) >= 11 is 1.33. The maximum absolute atomic E-state index is 15.4. The van der Waals surface area contributed by atoms with Crippen molar-refractivity contribution in [2.75, 3.05) is 43.1 Å². The fourth-order valence-corrected chi connectivity index (χ4v) is 6.03. The predicted octanol–water partition coefficient (Wildman–Crippen LogP) is 5.20. The summed E-state index contributed by atoms with van der Waals surface area (Å²) in [5.74, 6) is -1.19. The lowest BCUT2D eigenvalue weighted by Gasteiger charge is -2.37. The molecule has 2 amide bonds. The highest BCUT2D eigenvalue weighted by Crippen LogP contribution is 2.38. The first-order chi connectivity index (χ1) is 20.3. The molecule has 3 heterocycles. The second-order valence-corrected chi connectivity index (χ2v) is 11.0. The van der Waals surface area contributed by atoms with E-state index in [1.54, 1.807) is 22.6 Å². The quantitative estimate of drug-likeness (QED) is 0.316. The molecule has 0 spiro atoms. The van der Waals surface area contributed by atoms with Gasteiger partial charge in [-0.3, -0.25) is 4.79 Å². The summed E-state index contributed by atoms with van der Waals surface area (Å²) in [6.07, 6.45) is 4.54. The number of aromatic nitrogens is 2. The number of pyridine rings is 1. The number of benzene rings is 2. The molecule has 2 aliphatic rings. The molecule has 42 heavy (non-hydrogen) atoms. The number of thiazole rings is 1. The highest BCUT2D eigenvalue weighted by molar-refractivity contribution is 7.14. The number of carboxylic acid groups (broad SMARTS) is 1. The zero-order valence-corrected chi connectivity index (χ0v) is 23.6. The number of carbonyl (C=O) groups is 2. The van der Waals surface area contributed by atoms with Gasteiger partial charge >= 0.3 is 12.0 Å². The summed E-state index contributed by atoms with van der Waals surface area (Å²) < 4.78 is 22.3. The molecule has 1 saturated heterocycles. The van der Waals surface area contributed by atoms with Gasteiger partial charge in [-0.1, -0.05) is 6.58 Å². The summed E-state index contributed by atoms with van der Waals surface area (Å²) in [4.78, 5) is 47.4. The van der Waals surface area contributed by atoms with Crippen LogP contribution < -0.4 is 20.0 Å². The molecule has 1 aliphatic heterocycles. The third kappa shape index (κ3) is 4.98. The standard InChI is InChI=1S/C30H28FN5O5S/c1-3-35(29-32-24(17-42-29)18-4-8-20(41-2)9-5-18)30(40)34-12-10-33(11-13-34)26-15-25-21(14-23(26)31)27(37)22(28(38)39)16-36(25)19-6-7-19/h3-5,8-9,14-17,19H,1,6-7,10-13H2,2H3,(H,38,39). The first-order valence-electron chi connectivity index (χ1n) is 13.5. The number of carbonyl (C=O) groups excluding carboxylic acids is 1. The number of fused-ring (bicyclic) bond motifs is 1. The normalized spacial score (nSPS) is 15.1. The second kappa shape index (κ2) is 10.9. The second-order valence-electron chi connectivity index (χ2n) is 10.2. The Morgan fingerprint density at radius 3 is 2.50 bits per heavy atom. The number of rotatable bonds is 7. The SMILES string of the molecule is C=CN(C(=O)N1CCN(c2cc3c(cc2F)c(=O)c(C(=O)O)cn3C2CC2)CC1)c1nc(-c2ccc(OC)cc2)cs1. The van der Waals surface area contributed by atoms with Gasteiger partial charge in [0.1, 0.15) is 17.1 Å². The topological polar surface area (TPSA) is 108 Å². The number of amides is 2. The number of hydrogen-bond acceptors (Lipinski definition) is 7. The molecule has 2 aromatic carbocycles. The van der Waals surface area contributed by atoms with Gasteiger partial charge in [-0.05, 0) is 49.2 Å². The zero-order valence-electron chi connectivity index (χ0n) is 22.8. The van der Waals surface area contributed by atoms with Crippen LogP contribution in [0.15, 0.2) is 65.5 Å². The van der Waals surface area contributed by atoms with Gasteiger partial charge in [0.05, 0.1) is 24.0 Å². The molecule has 0 atom stereocenters. The smallest absolute Gasteiger partial charge is 0.341 e. The molecule has 10 nitrogen and oxygen atoms in total. The number of anilines is 2. The van der Waals surface area contributed by atoms with Gasteiger partial charge < -0.3 is 24.2 Å². The fraction of sp³-hybridized carbons (Fsp3) is 0.267. The van der Waals surface area contributed by atoms with Gasteiger partial charge in [0.25, 0.3) is 0 Å². The van der Waals surface area contributed by atoms with Crippen molar-refractivity contribution in [3.05, 3.63) is 82.4 Å². The van der Waals surface area contributed by atoms with Crippen molar-refractivity contribution >= 4 is 45.1 Å². The summed E-state index contributed by atoms with van der Waals surface area (Å²) in [6, 6.07) is 10.1. The molecular weight excluding hydrogens is 561 g/mol. The Hall–Kier alpha value is -4.71. The lowest BCUT2D eigenvalue weighted by atomic mass is 10.1. The van der Waals surface area contributed by atoms with Crippen LogP contribution in [0.2, 0.25) is 0 Å². The Morgan fingerprint density at radius 2 is 1.88 bits per heavy atom. The zero-order chi connectivity index (χ0) is 29.5. The van der Waals surface area contributed by atoms with Crippen molar-refractivity contribution in [2.24, 2.45) is 0 Å². The van der Waals surface area contributed by atoms with E-state index >= 15 is 4.39 Å². The van der Waals surface area contributed by atoms with Crippen LogP contribution in [-0.4, -0.2) is 64.8 Å². The van der Waals surface area contributed by atoms with Gasteiger partial charge in [-0.25, -0.2) is 23.9 Å². The number of aromatic carboxylic acids is 1. The van der Waals surface area contributed by atoms with Crippen molar-refractivity contribution in [1.29, 1.82) is 0 Å². The Labute approximate surface area is 244 Å². The Morgan fingerprint density at radius 1 is 1.17 bits per heavy atom. The lowest BCUT2D eigenvalue weighted by molar-refractivity contribution is 0.0694. The van der Waals surface area contributed by atoms with Crippen molar-refractivity contribution < 1.29 is 23.8 Å². The highest BCUT2D eigenvalue weighted by atomic mass is 32.1. The van der Waals surface area contributed by atoms with E-state index in [0.29, 0.717) is 42.5 Å². The van der Waals surface area contributed by atoms with Gasteiger partial charge in [-0.15, -0.1) is 11.3 Å². The fourth-order valence-electron chi connectivity index (χ4n) is 5.21. The summed E-state index contributed by atoms with van der Waals surface area (Å²) in [7, 11) is 1.60. The average Bonchev–Trinajstić information content (AvgIpc) is 3.74. The molecule has 1 aliphatic carbocycles. The van der Waals surface area contributed by atoms with Crippen LogP contribution in [0.1, 0.15) is 29.2 Å². The molecule has 216 valence electrons. The van der Waals surface area contributed by atoms with E-state index in [1.807, 2.05) is 34.5 Å². The van der Waals surface area contributed by atoms with Gasteiger partial charge in [-0.2, -0.15) is 0 Å². The van der Waals surface area contributed by atoms with E-state index in [4.69, 9.17) is 4.74 Å². The minimum absolute atomic E-state index is 0.0518. The first-order valence-corrected chi connectivity index (χ1v) is 14.3. The largest absolute Gasteiger partial charge is 0.497 e. The first kappa shape index (κ1) is 27.5. The molecule has 2 aromatic heterocycles. The summed E-state index contributed by atoms with van der Waals surface area (Å²) in [5, 5.41) is 11.9. The van der Waals surface area contributed by atoms with Crippen molar-refractivity contribution in [3.63, 3.8) is 0 Å². The number of methoxy groups -OCH3 is 1. The molecule has 12 heteroatoms. The predicted molar refractivity (Wildman–Crippen MR) is 159 cm³/mol. The molecule has 0 bridgehead atoms. The number of carboxylic acids is 1. The van der Waals surface area contributed by atoms with E-state index in [-0.39, 0.29) is 23.0 Å². The minimum atomic E-state index is -1.33. The number of hydrogen-bond donors (Lipinski definition) is 1. The minimum Gasteiger partial charge on any atom is -0.497 e. The third-order valence-corrected chi connectivity index (χ3v) is 8.47. The van der Waals surface area contributed by atoms with Crippen LogP contribution in [0.25, 0.3) is 22.2 Å². The summed E-state index contributed by atoms with van der Waals surface area (Å²) in [5.41, 5.74) is 1.39. The molecule has 1 N–H and O–H groups in total. The molecule has 4 aromatic rings. The van der Waals surface area contributed by atoms with Gasteiger partial charge in [0.15, 0.2) is 5.13 Å². The number of nitrogens with zero attached hydrogens (tertiary/aromatic N) is 5. The van der Waals surface area contributed by atoms with Gasteiger partial charge in [0, 0.05) is 60.9 Å². The van der Waals surface area contributed by atoms with E-state index in [1.165, 1.54) is 28.6 Å². The van der Waals surface area contributed by atoms with Crippen LogP contribution in [-0.2, 0) is 0 Å². The molecule has 6 rings (SSSR count). The van der Waals surface area contributed by atoms with Crippen LogP contribution in [0, 0.1) is 5.82 Å². The van der Waals surface area contributed by atoms with E-state index in [9.17, 15) is 19.5 Å². The average molecular weight is 590 g/mol. The van der Waals surface area contributed by atoms with Crippen molar-refractivity contribution in [3.8, 4) is 17.0 Å². The van der Waals surface area contributed by atoms with E-state index in [2.05, 4.69) is 11.6 Å². The maximum atomic E-state index is 15.4. The molecule has 2 fully saturated rings. The lowest BCUT2D eigenvalue weighted by Crippen LogP contribution is -2.52. The Balaban J connectivity index is 1.19. The van der Waals surface area contributed by atoms with Crippen LogP contribution >= 0.6 is 11.3 Å². The van der Waals surface area contributed by atoms with E-state index < -0.39 is 17.2 Å². The van der Waals surface area contributed by atoms with Crippen LogP contribution in [0.4, 0.5) is 20.0 Å². The van der Waals surface area contributed by atoms with Gasteiger partial charge in [0.2, 0.25) is 5.43 Å². The molecule has 0 radical (unpaired) electrons. The maximum Gasteiger partial charge on any atom is 0.341 e. The van der Waals surface area contributed by atoms with Crippen molar-refractivity contribution in [2.45, 2.75) is 18.9 Å². The van der Waals surface area contributed by atoms with Crippen molar-refractivity contribution in [1.82, 2.24) is 14.5 Å². The number of halogens is 1. The monoisotopic (exact) mass is 589 g/mol. The molecule has 0 unspecified atom stereocenters. The molecular formula is C30H28FN5O5S. The van der Waals surface area contributed by atoms with Crippen LogP contribution in [0.5, 0.6) is 5.75 Å². The van der Waals surface area contributed by atoms with Crippen LogP contribution in [0.3, 0.4) is 0 Å². The number of ether oxygens (including phenoxy) is 1. The summed E-state index contributed by atoms with van der Waals surface area (Å²) in [6.45, 7) is 5.23.